The second-order valence-electron chi connectivity index (χ2n) is 5.00. The summed E-state index contributed by atoms with van der Waals surface area (Å²) in [6, 6.07) is 4.32. The van der Waals surface area contributed by atoms with Gasteiger partial charge in [-0.05, 0) is 53.9 Å². The van der Waals surface area contributed by atoms with Crippen molar-refractivity contribution in [2.45, 2.75) is 38.6 Å². The van der Waals surface area contributed by atoms with Gasteiger partial charge in [-0.2, -0.15) is 0 Å². The number of amides is 1. The summed E-state index contributed by atoms with van der Waals surface area (Å²) in [5, 5.41) is 3.52. The van der Waals surface area contributed by atoms with Gasteiger partial charge in [0.05, 0.1) is 8.66 Å². The van der Waals surface area contributed by atoms with Crippen LogP contribution in [0.5, 0.6) is 0 Å². The highest BCUT2D eigenvalue weighted by molar-refractivity contribution is 9.11. The predicted octanol–water partition coefficient (Wildman–Crippen LogP) is 3.50. The Morgan fingerprint density at radius 1 is 1.53 bits per heavy atom. The minimum atomic E-state index is 0.171. The monoisotopic (exact) mass is 344 g/mol. The van der Waals surface area contributed by atoms with E-state index >= 15 is 0 Å². The maximum Gasteiger partial charge on any atom is 0.264 e. The molecule has 1 amide bonds. The van der Waals surface area contributed by atoms with Gasteiger partial charge in [-0.15, -0.1) is 11.3 Å². The van der Waals surface area contributed by atoms with Gasteiger partial charge in [0.1, 0.15) is 0 Å². The second-order valence-corrected chi connectivity index (χ2v) is 7.46. The maximum atomic E-state index is 12.5. The van der Waals surface area contributed by atoms with E-state index in [1.54, 1.807) is 0 Å². The molecule has 1 saturated heterocycles. The lowest BCUT2D eigenvalue weighted by molar-refractivity contribution is 0.0736. The van der Waals surface area contributed by atoms with E-state index in [-0.39, 0.29) is 5.91 Å². The number of carbonyl (C=O) groups is 1. The fourth-order valence-electron chi connectivity index (χ4n) is 2.48. The van der Waals surface area contributed by atoms with Gasteiger partial charge in [-0.1, -0.05) is 13.3 Å². The quantitative estimate of drug-likeness (QED) is 0.886. The molecule has 0 aliphatic carbocycles. The lowest BCUT2D eigenvalue weighted by atomic mass is 10.0. The Balaban J connectivity index is 1.99. The van der Waals surface area contributed by atoms with Crippen molar-refractivity contribution in [3.05, 3.63) is 20.8 Å². The average molecular weight is 345 g/mol. The number of hydrogen-bond donors (Lipinski definition) is 1. The molecule has 0 spiro atoms. The van der Waals surface area contributed by atoms with Crippen molar-refractivity contribution in [2.24, 2.45) is 0 Å². The highest BCUT2D eigenvalue weighted by Crippen LogP contribution is 2.23. The van der Waals surface area contributed by atoms with Gasteiger partial charge in [0.15, 0.2) is 0 Å². The van der Waals surface area contributed by atoms with E-state index in [1.165, 1.54) is 30.6 Å². The van der Waals surface area contributed by atoms with Crippen molar-refractivity contribution in [3.63, 3.8) is 0 Å². The van der Waals surface area contributed by atoms with Gasteiger partial charge < -0.3 is 10.2 Å². The van der Waals surface area contributed by atoms with E-state index in [9.17, 15) is 4.79 Å². The third kappa shape index (κ3) is 4.29. The summed E-state index contributed by atoms with van der Waals surface area (Å²) < 4.78 is 1.02. The third-order valence-corrected chi connectivity index (χ3v) is 5.03. The molecule has 3 nitrogen and oxygen atoms in total. The summed E-state index contributed by atoms with van der Waals surface area (Å²) >= 11 is 4.94. The first-order valence-corrected chi connectivity index (χ1v) is 8.59. The zero-order chi connectivity index (χ0) is 13.7. The normalized spacial score (nSPS) is 19.4. The van der Waals surface area contributed by atoms with E-state index in [0.29, 0.717) is 6.04 Å². The first kappa shape index (κ1) is 15.0. The Bertz CT molecular complexity index is 415. The molecule has 2 rings (SSSR count). The van der Waals surface area contributed by atoms with Gasteiger partial charge in [0.2, 0.25) is 0 Å². The minimum Gasteiger partial charge on any atom is -0.336 e. The van der Waals surface area contributed by atoms with Gasteiger partial charge in [-0.3, -0.25) is 4.79 Å². The molecule has 1 atom stereocenters. The van der Waals surface area contributed by atoms with Crippen LogP contribution in [0.25, 0.3) is 0 Å². The summed E-state index contributed by atoms with van der Waals surface area (Å²) in [7, 11) is 0. The zero-order valence-corrected chi connectivity index (χ0v) is 13.7. The van der Waals surface area contributed by atoms with E-state index in [1.807, 2.05) is 17.0 Å². The lowest BCUT2D eigenvalue weighted by Crippen LogP contribution is -2.45. The summed E-state index contributed by atoms with van der Waals surface area (Å²) in [6.07, 6.45) is 4.72. The fraction of sp³-hybridized carbons (Fsp3) is 0.643. The van der Waals surface area contributed by atoms with Crippen LogP contribution in [0.3, 0.4) is 0 Å². The van der Waals surface area contributed by atoms with Gasteiger partial charge in [0.25, 0.3) is 5.91 Å². The van der Waals surface area contributed by atoms with Gasteiger partial charge in [0, 0.05) is 19.1 Å². The number of halogens is 1. The van der Waals surface area contributed by atoms with Crippen LogP contribution in [0.2, 0.25) is 0 Å². The Labute approximate surface area is 127 Å². The van der Waals surface area contributed by atoms with Crippen LogP contribution in [0, 0.1) is 0 Å². The molecular formula is C14H21BrN2OS. The molecule has 1 unspecified atom stereocenters. The molecule has 0 saturated carbocycles. The molecule has 1 aromatic heterocycles. The topological polar surface area (TPSA) is 32.3 Å². The highest BCUT2D eigenvalue weighted by atomic mass is 79.9. The highest BCUT2D eigenvalue weighted by Gasteiger charge is 2.21. The average Bonchev–Trinajstić information content (AvgIpc) is 2.85. The SMILES string of the molecule is CCCN(CC1CCCCN1)C(=O)c1ccc(Br)s1. The molecule has 1 aliphatic heterocycles. The number of piperidine rings is 1. The van der Waals surface area contributed by atoms with Crippen molar-refractivity contribution in [1.29, 1.82) is 0 Å². The smallest absolute Gasteiger partial charge is 0.264 e. The first-order valence-electron chi connectivity index (χ1n) is 6.98. The summed E-state index contributed by atoms with van der Waals surface area (Å²) in [5.41, 5.74) is 0. The number of thiophene rings is 1. The van der Waals surface area contributed by atoms with Crippen molar-refractivity contribution in [1.82, 2.24) is 10.2 Å². The van der Waals surface area contributed by atoms with Crippen LogP contribution in [0.4, 0.5) is 0 Å². The Morgan fingerprint density at radius 2 is 2.37 bits per heavy atom. The van der Waals surface area contributed by atoms with Crippen molar-refractivity contribution in [3.8, 4) is 0 Å². The Hall–Kier alpha value is -0.390. The van der Waals surface area contributed by atoms with Crippen molar-refractivity contribution in [2.75, 3.05) is 19.6 Å². The van der Waals surface area contributed by atoms with Crippen molar-refractivity contribution < 1.29 is 4.79 Å². The molecule has 0 bridgehead atoms. The molecule has 1 aliphatic rings. The third-order valence-electron chi connectivity index (χ3n) is 3.42. The summed E-state index contributed by atoms with van der Waals surface area (Å²) in [4.78, 5) is 15.3. The van der Waals surface area contributed by atoms with Crippen LogP contribution < -0.4 is 5.32 Å². The molecule has 0 aromatic carbocycles. The van der Waals surface area contributed by atoms with Crippen LogP contribution in [0.1, 0.15) is 42.3 Å². The molecule has 1 N–H and O–H groups in total. The molecule has 2 heterocycles. The van der Waals surface area contributed by atoms with Gasteiger partial charge in [-0.25, -0.2) is 0 Å². The fourth-order valence-corrected chi connectivity index (χ4v) is 3.83. The summed E-state index contributed by atoms with van der Waals surface area (Å²) in [6.45, 7) is 4.89. The molecule has 0 radical (unpaired) electrons. The number of nitrogens with zero attached hydrogens (tertiary/aromatic N) is 1. The standard InChI is InChI=1S/C14H21BrN2OS/c1-2-9-17(10-11-5-3-4-8-16-11)14(18)12-6-7-13(15)19-12/h6-7,11,16H,2-5,8-10H2,1H3. The second kappa shape index (κ2) is 7.41. The zero-order valence-electron chi connectivity index (χ0n) is 11.3. The van der Waals surface area contributed by atoms with E-state index in [2.05, 4.69) is 28.2 Å². The molecular weight excluding hydrogens is 324 g/mol. The predicted molar refractivity (Wildman–Crippen MR) is 83.9 cm³/mol. The first-order chi connectivity index (χ1) is 9.20. The number of rotatable bonds is 5. The van der Waals surface area contributed by atoms with Crippen LogP contribution in [-0.2, 0) is 0 Å². The number of carbonyl (C=O) groups excluding carboxylic acids is 1. The number of hydrogen-bond acceptors (Lipinski definition) is 3. The van der Waals surface area contributed by atoms with E-state index < -0.39 is 0 Å². The number of nitrogens with one attached hydrogen (secondary N) is 1. The summed E-state index contributed by atoms with van der Waals surface area (Å²) in [5.74, 6) is 0.171. The van der Waals surface area contributed by atoms with E-state index in [0.717, 1.165) is 34.7 Å². The maximum absolute atomic E-state index is 12.5. The molecule has 106 valence electrons. The van der Waals surface area contributed by atoms with Gasteiger partial charge >= 0.3 is 0 Å². The molecule has 1 aromatic rings. The van der Waals surface area contributed by atoms with Crippen LogP contribution >= 0.6 is 27.3 Å². The molecule has 5 heteroatoms. The lowest BCUT2D eigenvalue weighted by Gasteiger charge is -2.30. The Morgan fingerprint density at radius 3 is 2.95 bits per heavy atom. The van der Waals surface area contributed by atoms with Crippen molar-refractivity contribution >= 4 is 33.2 Å². The molecule has 1 fully saturated rings. The minimum absolute atomic E-state index is 0.171. The van der Waals surface area contributed by atoms with Crippen LogP contribution in [-0.4, -0.2) is 36.5 Å². The Kier molecular flexibility index (Phi) is 5.85. The largest absolute Gasteiger partial charge is 0.336 e. The van der Waals surface area contributed by atoms with E-state index in [4.69, 9.17) is 0 Å². The van der Waals surface area contributed by atoms with Crippen LogP contribution in [0.15, 0.2) is 15.9 Å². The molecule has 19 heavy (non-hydrogen) atoms.